The van der Waals surface area contributed by atoms with Gasteiger partial charge in [0.1, 0.15) is 5.82 Å². The predicted molar refractivity (Wildman–Crippen MR) is 143 cm³/mol. The fourth-order valence-corrected chi connectivity index (χ4v) is 4.84. The molecule has 0 aliphatic rings. The molecule has 0 bridgehead atoms. The van der Waals surface area contributed by atoms with Crippen LogP contribution in [-0.2, 0) is 13.1 Å². The van der Waals surface area contributed by atoms with Gasteiger partial charge in [0.2, 0.25) is 0 Å². The number of rotatable bonds is 6. The van der Waals surface area contributed by atoms with Crippen molar-refractivity contribution < 1.29 is 4.79 Å². The van der Waals surface area contributed by atoms with Crippen LogP contribution in [0.25, 0.3) is 39.1 Å². The molecule has 0 unspecified atom stereocenters. The summed E-state index contributed by atoms with van der Waals surface area (Å²) in [5, 5.41) is 1.31. The Labute approximate surface area is 207 Å². The summed E-state index contributed by atoms with van der Waals surface area (Å²) in [6, 6.07) is 22.8. The number of pyridine rings is 1. The van der Waals surface area contributed by atoms with Crippen molar-refractivity contribution in [2.24, 2.45) is 0 Å². The summed E-state index contributed by atoms with van der Waals surface area (Å²) >= 11 is 6.36. The third-order valence-corrected chi connectivity index (χ3v) is 6.47. The SMILES string of the molecule is CCn1c(C=CC(=O)c2c(-c3ccccc3)c3cc(Cl)ccc3n(CC)c2=O)nc2ccccc21. The minimum atomic E-state index is -0.368. The van der Waals surface area contributed by atoms with E-state index in [9.17, 15) is 9.59 Å². The van der Waals surface area contributed by atoms with Crippen LogP contribution in [0, 0.1) is 0 Å². The highest BCUT2D eigenvalue weighted by molar-refractivity contribution is 6.31. The maximum Gasteiger partial charge on any atom is 0.262 e. The first-order chi connectivity index (χ1) is 17.0. The van der Waals surface area contributed by atoms with Crippen LogP contribution in [0.4, 0.5) is 0 Å². The largest absolute Gasteiger partial charge is 0.325 e. The van der Waals surface area contributed by atoms with Gasteiger partial charge in [-0.2, -0.15) is 0 Å². The highest BCUT2D eigenvalue weighted by Crippen LogP contribution is 2.33. The van der Waals surface area contributed by atoms with Crippen LogP contribution in [-0.4, -0.2) is 19.9 Å². The molecule has 0 amide bonds. The number of nitrogens with zero attached hydrogens (tertiary/aromatic N) is 3. The van der Waals surface area contributed by atoms with Crippen molar-refractivity contribution in [3.63, 3.8) is 0 Å². The second-order valence-electron chi connectivity index (χ2n) is 8.23. The lowest BCUT2D eigenvalue weighted by atomic mass is 9.93. The van der Waals surface area contributed by atoms with E-state index in [0.717, 1.165) is 27.5 Å². The van der Waals surface area contributed by atoms with E-state index < -0.39 is 0 Å². The molecule has 2 aromatic heterocycles. The first kappa shape index (κ1) is 22.8. The number of aromatic nitrogens is 3. The molecule has 0 radical (unpaired) electrons. The average molecular weight is 482 g/mol. The van der Waals surface area contributed by atoms with Gasteiger partial charge in [-0.3, -0.25) is 9.59 Å². The second-order valence-corrected chi connectivity index (χ2v) is 8.66. The number of ketones is 1. The van der Waals surface area contributed by atoms with Crippen molar-refractivity contribution in [2.75, 3.05) is 0 Å². The number of allylic oxidation sites excluding steroid dienone is 1. The first-order valence-electron chi connectivity index (χ1n) is 11.6. The van der Waals surface area contributed by atoms with Crippen molar-refractivity contribution in [3.05, 3.63) is 106 Å². The number of aryl methyl sites for hydroxylation is 2. The van der Waals surface area contributed by atoms with Gasteiger partial charge in [0.05, 0.1) is 22.1 Å². The predicted octanol–water partition coefficient (Wildman–Crippen LogP) is 6.61. The molecule has 5 rings (SSSR count). The number of carbonyl (C=O) groups is 1. The standard InChI is InChI=1S/C29H24ClN3O2/c1-3-32-24-13-9-8-12-22(24)31-26(32)17-16-25(34)28-27(19-10-6-5-7-11-19)21-18-20(30)14-15-23(21)33(4-2)29(28)35/h5-18H,3-4H2,1-2H3. The molecule has 174 valence electrons. The van der Waals surface area contributed by atoms with Gasteiger partial charge >= 0.3 is 0 Å². The summed E-state index contributed by atoms with van der Waals surface area (Å²) in [6.07, 6.45) is 3.14. The Morgan fingerprint density at radius 3 is 2.37 bits per heavy atom. The Balaban J connectivity index is 1.74. The number of halogens is 1. The molecule has 6 heteroatoms. The maximum atomic E-state index is 13.7. The number of benzene rings is 3. The fraction of sp³-hybridized carbons (Fsp3) is 0.138. The molecular formula is C29H24ClN3O2. The Morgan fingerprint density at radius 2 is 1.63 bits per heavy atom. The van der Waals surface area contributed by atoms with Crippen LogP contribution >= 0.6 is 11.6 Å². The number of carbonyl (C=O) groups excluding carboxylic acids is 1. The minimum absolute atomic E-state index is 0.128. The van der Waals surface area contributed by atoms with Crippen molar-refractivity contribution in [3.8, 4) is 11.1 Å². The summed E-state index contributed by atoms with van der Waals surface area (Å²) in [6.45, 7) is 5.07. The van der Waals surface area contributed by atoms with E-state index >= 15 is 0 Å². The molecule has 0 atom stereocenters. The van der Waals surface area contributed by atoms with Crippen molar-refractivity contribution in [2.45, 2.75) is 26.9 Å². The first-order valence-corrected chi connectivity index (χ1v) is 12.0. The molecule has 0 N–H and O–H groups in total. The van der Waals surface area contributed by atoms with Crippen molar-refractivity contribution in [1.82, 2.24) is 14.1 Å². The van der Waals surface area contributed by atoms with Gasteiger partial charge in [0.15, 0.2) is 5.78 Å². The zero-order valence-corrected chi connectivity index (χ0v) is 20.3. The number of imidazole rings is 1. The number of hydrogen-bond donors (Lipinski definition) is 0. The van der Waals surface area contributed by atoms with Gasteiger partial charge in [0.25, 0.3) is 5.56 Å². The van der Waals surface area contributed by atoms with E-state index in [1.807, 2.05) is 85.1 Å². The molecule has 0 spiro atoms. The van der Waals surface area contributed by atoms with E-state index in [-0.39, 0.29) is 16.9 Å². The van der Waals surface area contributed by atoms with Gasteiger partial charge < -0.3 is 9.13 Å². The van der Waals surface area contributed by atoms with Crippen LogP contribution < -0.4 is 5.56 Å². The molecule has 5 nitrogen and oxygen atoms in total. The third-order valence-electron chi connectivity index (χ3n) is 6.24. The van der Waals surface area contributed by atoms with Crippen LogP contribution in [0.2, 0.25) is 5.02 Å². The van der Waals surface area contributed by atoms with E-state index in [0.29, 0.717) is 29.5 Å². The Kier molecular flexibility index (Phi) is 6.10. The molecule has 0 fully saturated rings. The number of para-hydroxylation sites is 2. The van der Waals surface area contributed by atoms with Gasteiger partial charge in [-0.1, -0.05) is 54.1 Å². The van der Waals surface area contributed by atoms with E-state index in [1.54, 1.807) is 16.7 Å². The Hall–Kier alpha value is -3.96. The molecule has 0 aliphatic heterocycles. The zero-order valence-electron chi connectivity index (χ0n) is 19.5. The summed E-state index contributed by atoms with van der Waals surface area (Å²) in [5.41, 5.74) is 3.80. The molecule has 2 heterocycles. The monoisotopic (exact) mass is 481 g/mol. The van der Waals surface area contributed by atoms with Gasteiger partial charge in [-0.05, 0) is 61.9 Å². The van der Waals surface area contributed by atoms with Crippen molar-refractivity contribution in [1.29, 1.82) is 0 Å². The van der Waals surface area contributed by atoms with Crippen LogP contribution in [0.1, 0.15) is 30.0 Å². The summed E-state index contributed by atoms with van der Waals surface area (Å²) < 4.78 is 3.67. The van der Waals surface area contributed by atoms with Crippen molar-refractivity contribution >= 4 is 45.4 Å². The maximum absolute atomic E-state index is 13.7. The molecule has 3 aromatic carbocycles. The Bertz CT molecular complexity index is 1660. The highest BCUT2D eigenvalue weighted by Gasteiger charge is 2.22. The molecule has 0 aliphatic carbocycles. The molecule has 35 heavy (non-hydrogen) atoms. The smallest absolute Gasteiger partial charge is 0.262 e. The summed E-state index contributed by atoms with van der Waals surface area (Å²) in [4.78, 5) is 32.0. The number of hydrogen-bond acceptors (Lipinski definition) is 3. The topological polar surface area (TPSA) is 56.9 Å². The third kappa shape index (κ3) is 3.98. The zero-order chi connectivity index (χ0) is 24.5. The highest BCUT2D eigenvalue weighted by atomic mass is 35.5. The summed E-state index contributed by atoms with van der Waals surface area (Å²) in [5.74, 6) is 0.301. The Morgan fingerprint density at radius 1 is 0.914 bits per heavy atom. The van der Waals surface area contributed by atoms with Gasteiger partial charge in [-0.15, -0.1) is 0 Å². The molecular weight excluding hydrogens is 458 g/mol. The lowest BCUT2D eigenvalue weighted by Crippen LogP contribution is -2.27. The summed E-state index contributed by atoms with van der Waals surface area (Å²) in [7, 11) is 0. The van der Waals surface area contributed by atoms with E-state index in [2.05, 4.69) is 4.98 Å². The van der Waals surface area contributed by atoms with Crippen LogP contribution in [0.5, 0.6) is 0 Å². The van der Waals surface area contributed by atoms with E-state index in [4.69, 9.17) is 11.6 Å². The second kappa shape index (κ2) is 9.35. The lowest BCUT2D eigenvalue weighted by Gasteiger charge is -2.16. The fourth-order valence-electron chi connectivity index (χ4n) is 4.66. The van der Waals surface area contributed by atoms with Crippen LogP contribution in [0.3, 0.4) is 0 Å². The van der Waals surface area contributed by atoms with Crippen LogP contribution in [0.15, 0.2) is 83.7 Å². The van der Waals surface area contributed by atoms with E-state index in [1.165, 1.54) is 6.08 Å². The normalized spacial score (nSPS) is 11.6. The average Bonchev–Trinajstić information content (AvgIpc) is 3.24. The molecule has 0 saturated heterocycles. The van der Waals surface area contributed by atoms with Gasteiger partial charge in [-0.25, -0.2) is 4.98 Å². The number of fused-ring (bicyclic) bond motifs is 2. The minimum Gasteiger partial charge on any atom is -0.325 e. The quantitative estimate of drug-likeness (QED) is 0.202. The molecule has 0 saturated carbocycles. The molecule has 5 aromatic rings. The lowest BCUT2D eigenvalue weighted by molar-refractivity contribution is 0.104. The van der Waals surface area contributed by atoms with Gasteiger partial charge in [0, 0.05) is 29.1 Å².